The third-order valence-electron chi connectivity index (χ3n) is 3.00. The third kappa shape index (κ3) is 3.19. The third-order valence-corrected chi connectivity index (χ3v) is 3.00. The van der Waals surface area contributed by atoms with Crippen molar-refractivity contribution in [3.63, 3.8) is 0 Å². The molecule has 15 heavy (non-hydrogen) atoms. The lowest BCUT2D eigenvalue weighted by atomic mass is 9.82. The molecule has 1 rings (SSSR count). The minimum Gasteiger partial charge on any atom is -0.299 e. The zero-order chi connectivity index (χ0) is 11.5. The van der Waals surface area contributed by atoms with Gasteiger partial charge in [-0.15, -0.1) is 0 Å². The Morgan fingerprint density at radius 1 is 1.27 bits per heavy atom. The van der Waals surface area contributed by atoms with Crippen LogP contribution in [0.25, 0.3) is 0 Å². The fraction of sp³-hybridized carbons (Fsp3) is 0.500. The number of rotatable bonds is 4. The standard InChI is InChI=1S/C14H20O/c1-5-12-7-6-8-13(9-12)10-14(3,4)11(2)15/h6-9H,5,10H2,1-4H3. The Labute approximate surface area is 92.5 Å². The first kappa shape index (κ1) is 12.0. The van der Waals surface area contributed by atoms with E-state index in [4.69, 9.17) is 0 Å². The summed E-state index contributed by atoms with van der Waals surface area (Å²) in [4.78, 5) is 11.4. The molecule has 0 aliphatic carbocycles. The lowest BCUT2D eigenvalue weighted by Crippen LogP contribution is -2.24. The number of Topliss-reactive ketones (excluding diaryl/α,β-unsaturated/α-hetero) is 1. The molecular weight excluding hydrogens is 184 g/mol. The van der Waals surface area contributed by atoms with Gasteiger partial charge in [-0.3, -0.25) is 4.79 Å². The summed E-state index contributed by atoms with van der Waals surface area (Å²) in [5.74, 6) is 0.254. The smallest absolute Gasteiger partial charge is 0.135 e. The molecule has 0 bridgehead atoms. The van der Waals surface area contributed by atoms with E-state index in [2.05, 4.69) is 31.2 Å². The van der Waals surface area contributed by atoms with Crippen LogP contribution in [0.15, 0.2) is 24.3 Å². The molecule has 0 radical (unpaired) electrons. The maximum Gasteiger partial charge on any atom is 0.135 e. The van der Waals surface area contributed by atoms with Crippen molar-refractivity contribution in [2.45, 2.75) is 40.5 Å². The number of carbonyl (C=O) groups is 1. The van der Waals surface area contributed by atoms with Crippen LogP contribution in [0.4, 0.5) is 0 Å². The molecule has 0 heterocycles. The number of ketones is 1. The predicted molar refractivity (Wildman–Crippen MR) is 64.0 cm³/mol. The minimum absolute atomic E-state index is 0.244. The lowest BCUT2D eigenvalue weighted by Gasteiger charge is -2.21. The van der Waals surface area contributed by atoms with Gasteiger partial charge in [0.05, 0.1) is 0 Å². The SMILES string of the molecule is CCc1cccc(CC(C)(C)C(C)=O)c1. The van der Waals surface area contributed by atoms with Crippen LogP contribution < -0.4 is 0 Å². The van der Waals surface area contributed by atoms with Crippen LogP contribution in [0.3, 0.4) is 0 Å². The van der Waals surface area contributed by atoms with Crippen molar-refractivity contribution in [3.05, 3.63) is 35.4 Å². The van der Waals surface area contributed by atoms with Gasteiger partial charge in [0.15, 0.2) is 0 Å². The van der Waals surface area contributed by atoms with Gasteiger partial charge in [-0.2, -0.15) is 0 Å². The van der Waals surface area contributed by atoms with Crippen LogP contribution in [0.1, 0.15) is 38.8 Å². The Balaban J connectivity index is 2.85. The first-order valence-corrected chi connectivity index (χ1v) is 5.54. The van der Waals surface area contributed by atoms with E-state index in [1.54, 1.807) is 6.92 Å². The van der Waals surface area contributed by atoms with E-state index in [1.807, 2.05) is 13.8 Å². The van der Waals surface area contributed by atoms with Gasteiger partial charge in [0, 0.05) is 5.41 Å². The van der Waals surface area contributed by atoms with Crippen LogP contribution in [0.5, 0.6) is 0 Å². The quantitative estimate of drug-likeness (QED) is 0.734. The molecule has 1 aromatic carbocycles. The van der Waals surface area contributed by atoms with Crippen LogP contribution in [-0.4, -0.2) is 5.78 Å². The molecule has 0 aliphatic heterocycles. The molecule has 0 aliphatic rings. The molecule has 0 spiro atoms. The molecule has 82 valence electrons. The van der Waals surface area contributed by atoms with Crippen molar-refractivity contribution in [2.75, 3.05) is 0 Å². The lowest BCUT2D eigenvalue weighted by molar-refractivity contribution is -0.124. The Morgan fingerprint density at radius 3 is 2.40 bits per heavy atom. The summed E-state index contributed by atoms with van der Waals surface area (Å²) in [5.41, 5.74) is 2.35. The summed E-state index contributed by atoms with van der Waals surface area (Å²) in [7, 11) is 0. The summed E-state index contributed by atoms with van der Waals surface area (Å²) >= 11 is 0. The number of hydrogen-bond donors (Lipinski definition) is 0. The highest BCUT2D eigenvalue weighted by Crippen LogP contribution is 2.23. The Kier molecular flexibility index (Phi) is 3.67. The molecule has 0 N–H and O–H groups in total. The minimum atomic E-state index is -0.244. The second-order valence-electron chi connectivity index (χ2n) is 4.79. The Morgan fingerprint density at radius 2 is 1.87 bits per heavy atom. The fourth-order valence-electron chi connectivity index (χ4n) is 1.59. The van der Waals surface area contributed by atoms with Crippen LogP contribution >= 0.6 is 0 Å². The van der Waals surface area contributed by atoms with Crippen molar-refractivity contribution in [2.24, 2.45) is 5.41 Å². The van der Waals surface area contributed by atoms with Crippen molar-refractivity contribution in [3.8, 4) is 0 Å². The molecule has 1 nitrogen and oxygen atoms in total. The van der Waals surface area contributed by atoms with E-state index in [1.165, 1.54) is 11.1 Å². The number of hydrogen-bond acceptors (Lipinski definition) is 1. The number of aryl methyl sites for hydroxylation is 1. The second kappa shape index (κ2) is 4.61. The van der Waals surface area contributed by atoms with Gasteiger partial charge >= 0.3 is 0 Å². The van der Waals surface area contributed by atoms with Crippen molar-refractivity contribution in [1.29, 1.82) is 0 Å². The fourth-order valence-corrected chi connectivity index (χ4v) is 1.59. The summed E-state index contributed by atoms with van der Waals surface area (Å²) < 4.78 is 0. The molecule has 1 heteroatoms. The molecular formula is C14H20O. The van der Waals surface area contributed by atoms with Gasteiger partial charge in [-0.25, -0.2) is 0 Å². The summed E-state index contributed by atoms with van der Waals surface area (Å²) in [6.45, 7) is 7.83. The van der Waals surface area contributed by atoms with Gasteiger partial charge < -0.3 is 0 Å². The first-order chi connectivity index (χ1) is 6.95. The molecule has 0 aromatic heterocycles. The van der Waals surface area contributed by atoms with Gasteiger partial charge in [0.25, 0.3) is 0 Å². The highest BCUT2D eigenvalue weighted by Gasteiger charge is 2.23. The maximum absolute atomic E-state index is 11.4. The van der Waals surface area contributed by atoms with E-state index in [-0.39, 0.29) is 11.2 Å². The molecule has 0 amide bonds. The average Bonchev–Trinajstić information content (AvgIpc) is 2.17. The van der Waals surface area contributed by atoms with Crippen LogP contribution in [0.2, 0.25) is 0 Å². The molecule has 0 fully saturated rings. The predicted octanol–water partition coefficient (Wildman–Crippen LogP) is 3.41. The zero-order valence-electron chi connectivity index (χ0n) is 10.1. The van der Waals surface area contributed by atoms with Crippen LogP contribution in [0, 0.1) is 5.41 Å². The van der Waals surface area contributed by atoms with Crippen LogP contribution in [-0.2, 0) is 17.6 Å². The highest BCUT2D eigenvalue weighted by molar-refractivity contribution is 5.81. The molecule has 1 aromatic rings. The van der Waals surface area contributed by atoms with Gasteiger partial charge in [0.1, 0.15) is 5.78 Å². The first-order valence-electron chi connectivity index (χ1n) is 5.54. The largest absolute Gasteiger partial charge is 0.299 e. The normalized spacial score (nSPS) is 11.5. The van der Waals surface area contributed by atoms with E-state index in [0.717, 1.165) is 12.8 Å². The second-order valence-corrected chi connectivity index (χ2v) is 4.79. The van der Waals surface area contributed by atoms with Gasteiger partial charge in [-0.1, -0.05) is 45.0 Å². The van der Waals surface area contributed by atoms with Crippen molar-refractivity contribution < 1.29 is 4.79 Å². The highest BCUT2D eigenvalue weighted by atomic mass is 16.1. The number of carbonyl (C=O) groups excluding carboxylic acids is 1. The van der Waals surface area contributed by atoms with E-state index in [9.17, 15) is 4.79 Å². The molecule has 0 saturated heterocycles. The van der Waals surface area contributed by atoms with E-state index >= 15 is 0 Å². The van der Waals surface area contributed by atoms with Crippen molar-refractivity contribution in [1.82, 2.24) is 0 Å². The monoisotopic (exact) mass is 204 g/mol. The summed E-state index contributed by atoms with van der Waals surface area (Å²) in [5, 5.41) is 0. The zero-order valence-corrected chi connectivity index (χ0v) is 10.1. The summed E-state index contributed by atoms with van der Waals surface area (Å²) in [6.07, 6.45) is 1.88. The van der Waals surface area contributed by atoms with E-state index in [0.29, 0.717) is 0 Å². The summed E-state index contributed by atoms with van der Waals surface area (Å²) in [6, 6.07) is 8.50. The maximum atomic E-state index is 11.4. The number of benzene rings is 1. The van der Waals surface area contributed by atoms with Crippen molar-refractivity contribution >= 4 is 5.78 Å². The molecule has 0 unspecified atom stereocenters. The Hall–Kier alpha value is -1.11. The Bertz CT molecular complexity index is 350. The molecule has 0 saturated carbocycles. The average molecular weight is 204 g/mol. The van der Waals surface area contributed by atoms with E-state index < -0.39 is 0 Å². The van der Waals surface area contributed by atoms with Gasteiger partial charge in [-0.05, 0) is 30.9 Å². The molecule has 0 atom stereocenters. The topological polar surface area (TPSA) is 17.1 Å². The van der Waals surface area contributed by atoms with Gasteiger partial charge in [0.2, 0.25) is 0 Å².